The van der Waals surface area contributed by atoms with Gasteiger partial charge in [-0.3, -0.25) is 9.78 Å². The molecule has 1 aromatic rings. The van der Waals surface area contributed by atoms with Crippen LogP contribution in [0.1, 0.15) is 18.5 Å². The van der Waals surface area contributed by atoms with Crippen molar-refractivity contribution in [3.63, 3.8) is 0 Å². The summed E-state index contributed by atoms with van der Waals surface area (Å²) >= 11 is 0. The van der Waals surface area contributed by atoms with E-state index in [1.165, 1.54) is 4.90 Å². The van der Waals surface area contributed by atoms with Crippen LogP contribution in [0.4, 0.5) is 0 Å². The van der Waals surface area contributed by atoms with Crippen molar-refractivity contribution in [3.05, 3.63) is 42.2 Å². The molecule has 5 heteroatoms. The van der Waals surface area contributed by atoms with Crippen LogP contribution in [0, 0.1) is 0 Å². The average Bonchev–Trinajstić information content (AvgIpc) is 2.35. The molecule has 0 radical (unpaired) electrons. The zero-order chi connectivity index (χ0) is 12.8. The largest absolute Gasteiger partial charge is 0.478 e. The fourth-order valence-corrected chi connectivity index (χ4v) is 1.32. The summed E-state index contributed by atoms with van der Waals surface area (Å²) in [5, 5.41) is 8.43. The molecule has 0 aliphatic heterocycles. The Morgan fingerprint density at radius 3 is 2.47 bits per heavy atom. The second-order valence-electron chi connectivity index (χ2n) is 3.58. The molecule has 1 atom stereocenters. The number of likely N-dealkylation sites (N-methyl/N-ethyl adjacent to an activating group) is 1. The van der Waals surface area contributed by atoms with E-state index in [2.05, 4.69) is 4.98 Å². The number of carbonyl (C=O) groups excluding carboxylic acids is 1. The van der Waals surface area contributed by atoms with Crippen molar-refractivity contribution < 1.29 is 14.7 Å². The molecule has 0 bridgehead atoms. The molecule has 0 aliphatic rings. The lowest BCUT2D eigenvalue weighted by Gasteiger charge is -2.23. The summed E-state index contributed by atoms with van der Waals surface area (Å²) in [6.45, 7) is 1.86. The molecule has 1 rings (SSSR count). The number of carbonyl (C=O) groups is 2. The van der Waals surface area contributed by atoms with E-state index in [1.807, 2.05) is 19.1 Å². The lowest BCUT2D eigenvalue weighted by atomic mass is 10.1. The first-order valence-corrected chi connectivity index (χ1v) is 5.10. The molecule has 0 saturated heterocycles. The van der Waals surface area contributed by atoms with Crippen LogP contribution < -0.4 is 0 Å². The van der Waals surface area contributed by atoms with Crippen molar-refractivity contribution >= 4 is 11.9 Å². The molecule has 0 aliphatic carbocycles. The summed E-state index contributed by atoms with van der Waals surface area (Å²) in [6, 6.07) is 3.49. The Bertz CT molecular complexity index is 429. The van der Waals surface area contributed by atoms with Crippen molar-refractivity contribution in [1.29, 1.82) is 0 Å². The van der Waals surface area contributed by atoms with E-state index in [4.69, 9.17) is 5.11 Å². The molecule has 17 heavy (non-hydrogen) atoms. The molecule has 0 aromatic carbocycles. The van der Waals surface area contributed by atoms with Crippen molar-refractivity contribution in [1.82, 2.24) is 9.88 Å². The van der Waals surface area contributed by atoms with Gasteiger partial charge >= 0.3 is 5.97 Å². The summed E-state index contributed by atoms with van der Waals surface area (Å²) in [7, 11) is 1.62. The number of rotatable bonds is 4. The van der Waals surface area contributed by atoms with Gasteiger partial charge in [-0.15, -0.1) is 0 Å². The van der Waals surface area contributed by atoms with Crippen molar-refractivity contribution in [2.24, 2.45) is 0 Å². The summed E-state index contributed by atoms with van der Waals surface area (Å²) in [5.41, 5.74) is 0.944. The molecule has 5 nitrogen and oxygen atoms in total. The van der Waals surface area contributed by atoms with Crippen LogP contribution in [0.2, 0.25) is 0 Å². The van der Waals surface area contributed by atoms with Crippen LogP contribution in [-0.2, 0) is 9.59 Å². The van der Waals surface area contributed by atoms with Gasteiger partial charge < -0.3 is 10.0 Å². The number of aliphatic carboxylic acids is 1. The molecule has 0 saturated carbocycles. The van der Waals surface area contributed by atoms with E-state index in [-0.39, 0.29) is 11.9 Å². The quantitative estimate of drug-likeness (QED) is 0.796. The number of carboxylic acids is 1. The standard InChI is InChI=1S/C12H14N2O3/c1-9(10-5-7-13-8-6-10)14(2)11(15)3-4-12(16)17/h3-9H,1-2H3,(H,16,17)/b4-3+. The van der Waals surface area contributed by atoms with Crippen LogP contribution in [0.3, 0.4) is 0 Å². The van der Waals surface area contributed by atoms with Crippen LogP contribution in [0.15, 0.2) is 36.7 Å². The van der Waals surface area contributed by atoms with Gasteiger partial charge in [0, 0.05) is 31.6 Å². The molecule has 1 aromatic heterocycles. The minimum atomic E-state index is -1.14. The maximum absolute atomic E-state index is 11.6. The van der Waals surface area contributed by atoms with Gasteiger partial charge in [0.2, 0.25) is 5.91 Å². The fourth-order valence-electron chi connectivity index (χ4n) is 1.32. The Kier molecular flexibility index (Phi) is 4.39. The Morgan fingerprint density at radius 1 is 1.35 bits per heavy atom. The summed E-state index contributed by atoms with van der Waals surface area (Å²) in [5.74, 6) is -1.49. The lowest BCUT2D eigenvalue weighted by Crippen LogP contribution is -2.28. The maximum atomic E-state index is 11.6. The number of carboxylic acid groups (broad SMARTS) is 1. The number of aromatic nitrogens is 1. The minimum Gasteiger partial charge on any atom is -0.478 e. The van der Waals surface area contributed by atoms with E-state index in [1.54, 1.807) is 19.4 Å². The molecule has 1 N–H and O–H groups in total. The van der Waals surface area contributed by atoms with E-state index >= 15 is 0 Å². The second kappa shape index (κ2) is 5.79. The van der Waals surface area contributed by atoms with Crippen LogP contribution in [0.5, 0.6) is 0 Å². The number of hydrogen-bond acceptors (Lipinski definition) is 3. The number of pyridine rings is 1. The third-order valence-electron chi connectivity index (χ3n) is 2.49. The van der Waals surface area contributed by atoms with E-state index in [9.17, 15) is 9.59 Å². The fraction of sp³-hybridized carbons (Fsp3) is 0.250. The molecule has 1 heterocycles. The second-order valence-corrected chi connectivity index (χ2v) is 3.58. The number of hydrogen-bond donors (Lipinski definition) is 1. The molecule has 0 fully saturated rings. The average molecular weight is 234 g/mol. The monoisotopic (exact) mass is 234 g/mol. The van der Waals surface area contributed by atoms with Gasteiger partial charge in [-0.2, -0.15) is 0 Å². The summed E-state index contributed by atoms with van der Waals surface area (Å²) < 4.78 is 0. The van der Waals surface area contributed by atoms with Crippen molar-refractivity contribution in [3.8, 4) is 0 Å². The zero-order valence-electron chi connectivity index (χ0n) is 9.70. The third kappa shape index (κ3) is 3.71. The van der Waals surface area contributed by atoms with Gasteiger partial charge in [-0.25, -0.2) is 4.79 Å². The predicted molar refractivity (Wildman–Crippen MR) is 62.2 cm³/mol. The summed E-state index contributed by atoms with van der Waals surface area (Å²) in [6.07, 6.45) is 5.17. The van der Waals surface area contributed by atoms with Crippen LogP contribution >= 0.6 is 0 Å². The highest BCUT2D eigenvalue weighted by atomic mass is 16.4. The van der Waals surface area contributed by atoms with Gasteiger partial charge in [0.25, 0.3) is 0 Å². The lowest BCUT2D eigenvalue weighted by molar-refractivity contribution is -0.132. The Morgan fingerprint density at radius 2 is 1.94 bits per heavy atom. The maximum Gasteiger partial charge on any atom is 0.328 e. The SMILES string of the molecule is CC(c1ccncc1)N(C)C(=O)/C=C/C(=O)O. The van der Waals surface area contributed by atoms with E-state index in [0.29, 0.717) is 0 Å². The van der Waals surface area contributed by atoms with Gasteiger partial charge in [0.05, 0.1) is 6.04 Å². The van der Waals surface area contributed by atoms with E-state index < -0.39 is 5.97 Å². The first-order chi connectivity index (χ1) is 8.02. The number of nitrogens with zero attached hydrogens (tertiary/aromatic N) is 2. The normalized spacial score (nSPS) is 12.4. The summed E-state index contributed by atoms with van der Waals surface area (Å²) in [4.78, 5) is 27.3. The first kappa shape index (κ1) is 12.9. The molecule has 90 valence electrons. The van der Waals surface area contributed by atoms with Crippen molar-refractivity contribution in [2.75, 3.05) is 7.05 Å². The Labute approximate surface area is 99.4 Å². The smallest absolute Gasteiger partial charge is 0.328 e. The van der Waals surface area contributed by atoms with Gasteiger partial charge in [0.1, 0.15) is 0 Å². The number of amides is 1. The minimum absolute atomic E-state index is 0.135. The Balaban J connectivity index is 2.73. The van der Waals surface area contributed by atoms with E-state index in [0.717, 1.165) is 17.7 Å². The van der Waals surface area contributed by atoms with Crippen LogP contribution in [-0.4, -0.2) is 33.9 Å². The molecular formula is C12H14N2O3. The van der Waals surface area contributed by atoms with Gasteiger partial charge in [-0.1, -0.05) is 0 Å². The van der Waals surface area contributed by atoms with Crippen molar-refractivity contribution in [2.45, 2.75) is 13.0 Å². The third-order valence-corrected chi connectivity index (χ3v) is 2.49. The first-order valence-electron chi connectivity index (χ1n) is 5.10. The molecular weight excluding hydrogens is 220 g/mol. The van der Waals surface area contributed by atoms with Crippen LogP contribution in [0.25, 0.3) is 0 Å². The molecule has 1 amide bonds. The highest BCUT2D eigenvalue weighted by Crippen LogP contribution is 2.17. The predicted octanol–water partition coefficient (Wildman–Crippen LogP) is 1.24. The van der Waals surface area contributed by atoms with Gasteiger partial charge in [0.15, 0.2) is 0 Å². The highest BCUT2D eigenvalue weighted by Gasteiger charge is 2.15. The zero-order valence-corrected chi connectivity index (χ0v) is 9.70. The van der Waals surface area contributed by atoms with Gasteiger partial charge in [-0.05, 0) is 24.6 Å². The Hall–Kier alpha value is -2.17. The molecule has 0 spiro atoms. The highest BCUT2D eigenvalue weighted by molar-refractivity contribution is 5.93. The molecule has 1 unspecified atom stereocenters. The topological polar surface area (TPSA) is 70.5 Å².